The minimum Gasteiger partial charge on any atom is -0.372 e. The van der Waals surface area contributed by atoms with Crippen LogP contribution in [0.4, 0.5) is 23.1 Å². The second kappa shape index (κ2) is 8.39. The summed E-state index contributed by atoms with van der Waals surface area (Å²) in [6, 6.07) is 10.7. The summed E-state index contributed by atoms with van der Waals surface area (Å²) >= 11 is 0. The third kappa shape index (κ3) is 4.45. The quantitative estimate of drug-likeness (QED) is 0.821. The summed E-state index contributed by atoms with van der Waals surface area (Å²) in [6.45, 7) is 12.7. The number of rotatable bonds is 6. The van der Waals surface area contributed by atoms with E-state index in [1.165, 1.54) is 18.5 Å². The molecule has 0 aliphatic carbocycles. The van der Waals surface area contributed by atoms with E-state index in [1.54, 1.807) is 0 Å². The normalized spacial score (nSPS) is 15.2. The molecule has 2 aromatic rings. The number of piperidine rings is 1. The van der Waals surface area contributed by atoms with E-state index < -0.39 is 0 Å². The monoisotopic (exact) mass is 353 g/mol. The lowest BCUT2D eigenvalue weighted by Crippen LogP contribution is -2.32. The molecule has 1 aromatic carbocycles. The first-order chi connectivity index (χ1) is 12.6. The number of aryl methyl sites for hydroxylation is 1. The summed E-state index contributed by atoms with van der Waals surface area (Å²) in [5.41, 5.74) is 3.34. The third-order valence-corrected chi connectivity index (χ3v) is 5.18. The van der Waals surface area contributed by atoms with Gasteiger partial charge in [-0.1, -0.05) is 6.92 Å². The van der Waals surface area contributed by atoms with Crippen molar-refractivity contribution in [1.82, 2.24) is 9.97 Å². The molecule has 0 spiro atoms. The van der Waals surface area contributed by atoms with E-state index in [0.717, 1.165) is 55.2 Å². The molecule has 1 saturated heterocycles. The molecule has 1 N–H and O–H groups in total. The second-order valence-electron chi connectivity index (χ2n) is 7.21. The standard InChI is InChI=1S/C21H31N5/c1-5-25(6-2)21-22-17(4)15-20(24-21)23-18-7-9-19(10-8-18)26-13-11-16(3)12-14-26/h7-10,15-16H,5-6,11-14H2,1-4H3,(H,22,23,24). The molecule has 0 bridgehead atoms. The lowest BCUT2D eigenvalue weighted by Gasteiger charge is -2.32. The molecule has 2 heterocycles. The molecule has 0 radical (unpaired) electrons. The predicted octanol–water partition coefficient (Wildman–Crippen LogP) is 4.61. The van der Waals surface area contributed by atoms with Crippen LogP contribution in [-0.2, 0) is 0 Å². The van der Waals surface area contributed by atoms with Gasteiger partial charge in [-0.15, -0.1) is 0 Å². The van der Waals surface area contributed by atoms with Gasteiger partial charge in [0.25, 0.3) is 0 Å². The van der Waals surface area contributed by atoms with E-state index >= 15 is 0 Å². The summed E-state index contributed by atoms with van der Waals surface area (Å²) in [5.74, 6) is 2.49. The Morgan fingerprint density at radius 1 is 1.08 bits per heavy atom. The van der Waals surface area contributed by atoms with E-state index in [2.05, 4.69) is 70.1 Å². The van der Waals surface area contributed by atoms with Crippen LogP contribution in [0.3, 0.4) is 0 Å². The molecule has 1 aliphatic heterocycles. The lowest BCUT2D eigenvalue weighted by molar-refractivity contribution is 0.438. The molecule has 5 nitrogen and oxygen atoms in total. The van der Waals surface area contributed by atoms with Gasteiger partial charge in [-0.3, -0.25) is 0 Å². The number of aromatic nitrogens is 2. The molecule has 1 fully saturated rings. The van der Waals surface area contributed by atoms with Crippen molar-refractivity contribution >= 4 is 23.1 Å². The van der Waals surface area contributed by atoms with Crippen LogP contribution in [0.5, 0.6) is 0 Å². The van der Waals surface area contributed by atoms with Gasteiger partial charge < -0.3 is 15.1 Å². The maximum atomic E-state index is 4.68. The van der Waals surface area contributed by atoms with Gasteiger partial charge >= 0.3 is 0 Å². The summed E-state index contributed by atoms with van der Waals surface area (Å²) in [6.07, 6.45) is 2.57. The average molecular weight is 354 g/mol. The molecule has 5 heteroatoms. The molecule has 3 rings (SSSR count). The van der Waals surface area contributed by atoms with Gasteiger partial charge in [-0.2, -0.15) is 4.98 Å². The maximum Gasteiger partial charge on any atom is 0.227 e. The Bertz CT molecular complexity index is 701. The fourth-order valence-electron chi connectivity index (χ4n) is 3.44. The zero-order valence-electron chi connectivity index (χ0n) is 16.5. The Kier molecular flexibility index (Phi) is 5.96. The van der Waals surface area contributed by atoms with Crippen LogP contribution in [-0.4, -0.2) is 36.1 Å². The van der Waals surface area contributed by atoms with Crippen LogP contribution in [0.2, 0.25) is 0 Å². The van der Waals surface area contributed by atoms with Crippen molar-refractivity contribution in [1.29, 1.82) is 0 Å². The van der Waals surface area contributed by atoms with Gasteiger partial charge in [-0.25, -0.2) is 4.98 Å². The zero-order valence-corrected chi connectivity index (χ0v) is 16.5. The number of nitrogens with zero attached hydrogens (tertiary/aromatic N) is 4. The second-order valence-corrected chi connectivity index (χ2v) is 7.21. The highest BCUT2D eigenvalue weighted by Gasteiger charge is 2.16. The van der Waals surface area contributed by atoms with Crippen molar-refractivity contribution in [2.75, 3.05) is 41.3 Å². The van der Waals surface area contributed by atoms with Crippen molar-refractivity contribution in [3.05, 3.63) is 36.0 Å². The van der Waals surface area contributed by atoms with Crippen LogP contribution in [0.25, 0.3) is 0 Å². The summed E-state index contributed by atoms with van der Waals surface area (Å²) in [4.78, 5) is 13.9. The van der Waals surface area contributed by atoms with Crippen molar-refractivity contribution < 1.29 is 0 Å². The van der Waals surface area contributed by atoms with Crippen LogP contribution >= 0.6 is 0 Å². The van der Waals surface area contributed by atoms with E-state index in [0.29, 0.717) is 0 Å². The van der Waals surface area contributed by atoms with Crippen LogP contribution in [0.15, 0.2) is 30.3 Å². The summed E-state index contributed by atoms with van der Waals surface area (Å²) < 4.78 is 0. The number of hydrogen-bond acceptors (Lipinski definition) is 5. The van der Waals surface area contributed by atoms with E-state index in [9.17, 15) is 0 Å². The average Bonchev–Trinajstić information content (AvgIpc) is 2.64. The molecular weight excluding hydrogens is 322 g/mol. The summed E-state index contributed by atoms with van der Waals surface area (Å²) in [7, 11) is 0. The molecule has 0 atom stereocenters. The molecule has 1 aromatic heterocycles. The molecule has 0 unspecified atom stereocenters. The topological polar surface area (TPSA) is 44.3 Å². The van der Waals surface area contributed by atoms with Gasteiger partial charge in [-0.05, 0) is 63.8 Å². The third-order valence-electron chi connectivity index (χ3n) is 5.18. The van der Waals surface area contributed by atoms with Gasteiger partial charge in [0.15, 0.2) is 0 Å². The molecule has 140 valence electrons. The Morgan fingerprint density at radius 2 is 1.73 bits per heavy atom. The highest BCUT2D eigenvalue weighted by molar-refractivity contribution is 5.61. The minimum atomic E-state index is 0.788. The van der Waals surface area contributed by atoms with E-state index in [4.69, 9.17) is 0 Å². The largest absolute Gasteiger partial charge is 0.372 e. The zero-order chi connectivity index (χ0) is 18.5. The molecule has 0 amide bonds. The molecular formula is C21H31N5. The maximum absolute atomic E-state index is 4.68. The Balaban J connectivity index is 1.71. The van der Waals surface area contributed by atoms with Crippen LogP contribution < -0.4 is 15.1 Å². The fourth-order valence-corrected chi connectivity index (χ4v) is 3.44. The van der Waals surface area contributed by atoms with Crippen molar-refractivity contribution in [3.63, 3.8) is 0 Å². The number of hydrogen-bond donors (Lipinski definition) is 1. The first-order valence-corrected chi connectivity index (χ1v) is 9.81. The Hall–Kier alpha value is -2.30. The van der Waals surface area contributed by atoms with E-state index in [-0.39, 0.29) is 0 Å². The molecule has 0 saturated carbocycles. The lowest BCUT2D eigenvalue weighted by atomic mass is 9.99. The number of nitrogens with one attached hydrogen (secondary N) is 1. The smallest absolute Gasteiger partial charge is 0.227 e. The predicted molar refractivity (Wildman–Crippen MR) is 111 cm³/mol. The Labute approximate surface area is 157 Å². The molecule has 1 aliphatic rings. The highest BCUT2D eigenvalue weighted by Crippen LogP contribution is 2.25. The highest BCUT2D eigenvalue weighted by atomic mass is 15.3. The van der Waals surface area contributed by atoms with Crippen LogP contribution in [0, 0.1) is 12.8 Å². The van der Waals surface area contributed by atoms with Crippen molar-refractivity contribution in [2.45, 2.75) is 40.5 Å². The first-order valence-electron chi connectivity index (χ1n) is 9.81. The molecule has 26 heavy (non-hydrogen) atoms. The van der Waals surface area contributed by atoms with Gasteiger partial charge in [0.1, 0.15) is 5.82 Å². The van der Waals surface area contributed by atoms with Gasteiger partial charge in [0.2, 0.25) is 5.95 Å². The first kappa shape index (κ1) is 18.5. The van der Waals surface area contributed by atoms with Gasteiger partial charge in [0, 0.05) is 49.3 Å². The minimum absolute atomic E-state index is 0.788. The van der Waals surface area contributed by atoms with Gasteiger partial charge in [0.05, 0.1) is 0 Å². The Morgan fingerprint density at radius 3 is 2.35 bits per heavy atom. The van der Waals surface area contributed by atoms with E-state index in [1.807, 2.05) is 13.0 Å². The number of benzene rings is 1. The summed E-state index contributed by atoms with van der Waals surface area (Å²) in [5, 5.41) is 3.43. The van der Waals surface area contributed by atoms with Crippen molar-refractivity contribution in [2.24, 2.45) is 5.92 Å². The SMILES string of the molecule is CCN(CC)c1nc(C)cc(Nc2ccc(N3CCC(C)CC3)cc2)n1. The van der Waals surface area contributed by atoms with Crippen LogP contribution in [0.1, 0.15) is 39.3 Å². The van der Waals surface area contributed by atoms with Crippen molar-refractivity contribution in [3.8, 4) is 0 Å². The number of anilines is 4. The fraction of sp³-hybridized carbons (Fsp3) is 0.524.